The first-order valence-electron chi connectivity index (χ1n) is 8.75. The number of benzene rings is 2. The lowest BCUT2D eigenvalue weighted by Crippen LogP contribution is -2.36. The maximum atomic E-state index is 13.0. The Morgan fingerprint density at radius 1 is 1.03 bits per heavy atom. The quantitative estimate of drug-likeness (QED) is 0.525. The van der Waals surface area contributed by atoms with Crippen molar-refractivity contribution in [3.8, 4) is 11.3 Å². The number of carbonyl (C=O) groups excluding carboxylic acids is 2. The number of thiazole rings is 1. The summed E-state index contributed by atoms with van der Waals surface area (Å²) in [4.78, 5) is 30.3. The smallest absolute Gasteiger partial charge is 0.240 e. The van der Waals surface area contributed by atoms with Crippen LogP contribution in [0.15, 0.2) is 47.8 Å². The zero-order chi connectivity index (χ0) is 21.7. The van der Waals surface area contributed by atoms with Crippen LogP contribution in [-0.2, 0) is 9.59 Å². The predicted octanol–water partition coefficient (Wildman–Crippen LogP) is 4.77. The van der Waals surface area contributed by atoms with Gasteiger partial charge in [-0.1, -0.05) is 29.3 Å². The van der Waals surface area contributed by atoms with Gasteiger partial charge < -0.3 is 10.6 Å². The first-order chi connectivity index (χ1) is 14.3. The lowest BCUT2D eigenvalue weighted by atomic mass is 10.2. The van der Waals surface area contributed by atoms with Gasteiger partial charge in [0.25, 0.3) is 0 Å². The van der Waals surface area contributed by atoms with E-state index in [1.807, 2.05) is 0 Å². The number of hydrogen-bond donors (Lipinski definition) is 2. The van der Waals surface area contributed by atoms with Crippen molar-refractivity contribution in [3.63, 3.8) is 0 Å². The molecule has 156 valence electrons. The van der Waals surface area contributed by atoms with Gasteiger partial charge >= 0.3 is 0 Å². The number of anilines is 2. The number of likely N-dealkylation sites (N-methyl/N-ethyl adjacent to an activating group) is 1. The summed E-state index contributed by atoms with van der Waals surface area (Å²) in [5.41, 5.74) is 1.72. The fourth-order valence-corrected chi connectivity index (χ4v) is 3.81. The third-order valence-electron chi connectivity index (χ3n) is 3.94. The summed E-state index contributed by atoms with van der Waals surface area (Å²) in [6.45, 7) is -0.0528. The fraction of sp³-hybridized carbons (Fsp3) is 0.150. The second-order valence-corrected chi connectivity index (χ2v) is 8.08. The first-order valence-corrected chi connectivity index (χ1v) is 10.4. The van der Waals surface area contributed by atoms with Crippen LogP contribution in [0.2, 0.25) is 10.0 Å². The van der Waals surface area contributed by atoms with Gasteiger partial charge in [0.2, 0.25) is 11.8 Å². The van der Waals surface area contributed by atoms with Crippen molar-refractivity contribution in [1.82, 2.24) is 9.88 Å². The Morgan fingerprint density at radius 2 is 1.63 bits per heavy atom. The predicted molar refractivity (Wildman–Crippen MR) is 119 cm³/mol. The molecule has 3 aromatic rings. The largest absolute Gasteiger partial charge is 0.322 e. The topological polar surface area (TPSA) is 74.3 Å². The Labute approximate surface area is 186 Å². The minimum Gasteiger partial charge on any atom is -0.322 e. The summed E-state index contributed by atoms with van der Waals surface area (Å²) >= 11 is 13.3. The summed E-state index contributed by atoms with van der Waals surface area (Å²) < 4.78 is 13.0. The number of amides is 2. The lowest BCUT2D eigenvalue weighted by Gasteiger charge is -2.16. The summed E-state index contributed by atoms with van der Waals surface area (Å²) in [6, 6.07) is 10.9. The molecule has 1 heterocycles. The number of nitrogens with one attached hydrogen (secondary N) is 2. The molecule has 1 aromatic heterocycles. The molecule has 0 unspecified atom stereocenters. The maximum Gasteiger partial charge on any atom is 0.240 e. The normalized spacial score (nSPS) is 10.8. The van der Waals surface area contributed by atoms with Gasteiger partial charge in [0.1, 0.15) is 5.82 Å². The molecule has 30 heavy (non-hydrogen) atoms. The van der Waals surface area contributed by atoms with E-state index in [9.17, 15) is 14.0 Å². The Bertz CT molecular complexity index is 1040. The maximum absolute atomic E-state index is 13.0. The van der Waals surface area contributed by atoms with E-state index in [0.717, 1.165) is 5.56 Å². The van der Waals surface area contributed by atoms with E-state index in [1.165, 1.54) is 23.5 Å². The number of aromatic nitrogens is 1. The molecule has 0 saturated carbocycles. The monoisotopic (exact) mass is 466 g/mol. The number of carbonyl (C=O) groups is 2. The van der Waals surface area contributed by atoms with Gasteiger partial charge in [-0.25, -0.2) is 9.37 Å². The van der Waals surface area contributed by atoms with Crippen molar-refractivity contribution in [2.75, 3.05) is 30.8 Å². The molecule has 0 aliphatic carbocycles. The molecule has 0 radical (unpaired) electrons. The minimum absolute atomic E-state index is 0.0187. The van der Waals surface area contributed by atoms with Crippen molar-refractivity contribution in [2.24, 2.45) is 0 Å². The molecule has 0 atom stereocenters. The zero-order valence-corrected chi connectivity index (χ0v) is 18.1. The van der Waals surface area contributed by atoms with Gasteiger partial charge in [-0.2, -0.15) is 0 Å². The zero-order valence-electron chi connectivity index (χ0n) is 15.8. The van der Waals surface area contributed by atoms with Crippen molar-refractivity contribution >= 4 is 57.2 Å². The molecule has 0 aliphatic heterocycles. The van der Waals surface area contributed by atoms with Crippen LogP contribution < -0.4 is 10.6 Å². The van der Waals surface area contributed by atoms with E-state index < -0.39 is 0 Å². The summed E-state index contributed by atoms with van der Waals surface area (Å²) in [6.07, 6.45) is 0. The molecule has 0 spiro atoms. The average molecular weight is 467 g/mol. The molecule has 0 aliphatic rings. The van der Waals surface area contributed by atoms with Crippen molar-refractivity contribution in [2.45, 2.75) is 0 Å². The summed E-state index contributed by atoms with van der Waals surface area (Å²) in [5.74, 6) is -0.999. The van der Waals surface area contributed by atoms with Gasteiger partial charge in [-0.05, 0) is 43.4 Å². The Morgan fingerprint density at radius 3 is 2.27 bits per heavy atom. The van der Waals surface area contributed by atoms with Crippen LogP contribution in [0.4, 0.5) is 15.2 Å². The lowest BCUT2D eigenvalue weighted by molar-refractivity contribution is -0.119. The molecule has 10 heteroatoms. The van der Waals surface area contributed by atoms with Gasteiger partial charge in [-0.15, -0.1) is 11.3 Å². The van der Waals surface area contributed by atoms with Crippen LogP contribution in [0.3, 0.4) is 0 Å². The molecule has 0 bridgehead atoms. The molecule has 0 saturated heterocycles. The Balaban J connectivity index is 1.51. The van der Waals surface area contributed by atoms with E-state index in [-0.39, 0.29) is 30.7 Å². The first kappa shape index (κ1) is 22.2. The van der Waals surface area contributed by atoms with E-state index in [0.29, 0.717) is 26.6 Å². The van der Waals surface area contributed by atoms with E-state index in [4.69, 9.17) is 23.2 Å². The van der Waals surface area contributed by atoms with Gasteiger partial charge in [0.15, 0.2) is 5.13 Å². The number of rotatable bonds is 7. The summed E-state index contributed by atoms with van der Waals surface area (Å²) in [7, 11) is 1.64. The second kappa shape index (κ2) is 9.99. The van der Waals surface area contributed by atoms with Crippen LogP contribution in [0.1, 0.15) is 0 Å². The molecular weight excluding hydrogens is 450 g/mol. The fourth-order valence-electron chi connectivity index (χ4n) is 2.59. The number of hydrogen-bond acceptors (Lipinski definition) is 5. The van der Waals surface area contributed by atoms with Gasteiger partial charge in [-0.3, -0.25) is 14.5 Å². The highest BCUT2D eigenvalue weighted by molar-refractivity contribution is 7.14. The average Bonchev–Trinajstić information content (AvgIpc) is 3.13. The molecule has 6 nitrogen and oxygen atoms in total. The molecular formula is C20H17Cl2FN4O2S. The highest BCUT2D eigenvalue weighted by Crippen LogP contribution is 2.29. The van der Waals surface area contributed by atoms with Crippen LogP contribution in [0.5, 0.6) is 0 Å². The molecule has 0 fully saturated rings. The Kier molecular flexibility index (Phi) is 7.38. The van der Waals surface area contributed by atoms with Crippen molar-refractivity contribution < 1.29 is 14.0 Å². The van der Waals surface area contributed by atoms with Crippen molar-refractivity contribution in [1.29, 1.82) is 0 Å². The SMILES string of the molecule is CN(CC(=O)Nc1nc(-c2ccc(F)cc2)cs1)CC(=O)Nc1c(Cl)cccc1Cl. The van der Waals surface area contributed by atoms with E-state index in [2.05, 4.69) is 15.6 Å². The standard InChI is InChI=1S/C20H17Cl2FN4O2S/c1-27(9-17(28)25-19-14(21)3-2-4-15(19)22)10-18(29)26-20-24-16(11-30-20)12-5-7-13(23)8-6-12/h2-8,11H,9-10H2,1H3,(H,25,28)(H,24,26,29). The van der Waals surface area contributed by atoms with E-state index in [1.54, 1.807) is 47.7 Å². The van der Waals surface area contributed by atoms with Gasteiger partial charge in [0.05, 0.1) is 34.5 Å². The van der Waals surface area contributed by atoms with Crippen LogP contribution in [0.25, 0.3) is 11.3 Å². The van der Waals surface area contributed by atoms with Crippen LogP contribution in [0, 0.1) is 5.82 Å². The third kappa shape index (κ3) is 5.99. The number of halogens is 3. The molecule has 2 aromatic carbocycles. The number of para-hydroxylation sites is 1. The minimum atomic E-state index is -0.354. The number of nitrogens with zero attached hydrogens (tertiary/aromatic N) is 2. The van der Waals surface area contributed by atoms with E-state index >= 15 is 0 Å². The van der Waals surface area contributed by atoms with Crippen molar-refractivity contribution in [3.05, 3.63) is 63.7 Å². The molecule has 2 amide bonds. The second-order valence-electron chi connectivity index (χ2n) is 6.41. The molecule has 2 N–H and O–H groups in total. The van der Waals surface area contributed by atoms with Gasteiger partial charge in [0, 0.05) is 10.9 Å². The third-order valence-corrected chi connectivity index (χ3v) is 5.33. The Hall–Kier alpha value is -2.52. The van der Waals surface area contributed by atoms with Crippen LogP contribution in [-0.4, -0.2) is 41.8 Å². The highest BCUT2D eigenvalue weighted by atomic mass is 35.5. The molecule has 3 rings (SSSR count). The van der Waals surface area contributed by atoms with Crippen LogP contribution >= 0.6 is 34.5 Å². The summed E-state index contributed by atoms with van der Waals surface area (Å²) in [5, 5.41) is 8.19. The highest BCUT2D eigenvalue weighted by Gasteiger charge is 2.15.